The van der Waals surface area contributed by atoms with Gasteiger partial charge in [0.2, 0.25) is 5.91 Å². The van der Waals surface area contributed by atoms with Gasteiger partial charge >= 0.3 is 0 Å². The normalized spacial score (nSPS) is 32.1. The largest absolute Gasteiger partial charge is 0.355 e. The Morgan fingerprint density at radius 2 is 2.32 bits per heavy atom. The van der Waals surface area contributed by atoms with Crippen molar-refractivity contribution in [1.82, 2.24) is 15.5 Å². The first-order valence-electron chi connectivity index (χ1n) is 7.80. The molecule has 2 fully saturated rings. The summed E-state index contributed by atoms with van der Waals surface area (Å²) in [5, 5.41) is 6.54. The van der Waals surface area contributed by atoms with E-state index >= 15 is 0 Å². The fourth-order valence-corrected chi connectivity index (χ4v) is 3.32. The first-order valence-corrected chi connectivity index (χ1v) is 7.80. The molecular weight excluding hydrogens is 238 g/mol. The van der Waals surface area contributed by atoms with Gasteiger partial charge in [-0.15, -0.1) is 0 Å². The van der Waals surface area contributed by atoms with Crippen LogP contribution in [0.15, 0.2) is 0 Å². The molecule has 2 aliphatic rings. The van der Waals surface area contributed by atoms with Gasteiger partial charge < -0.3 is 15.5 Å². The van der Waals surface area contributed by atoms with Crippen LogP contribution in [-0.2, 0) is 4.79 Å². The fraction of sp³-hybridized carbons (Fsp3) is 0.933. The Labute approximate surface area is 117 Å². The van der Waals surface area contributed by atoms with Crippen molar-refractivity contribution in [1.29, 1.82) is 0 Å². The van der Waals surface area contributed by atoms with Crippen LogP contribution < -0.4 is 10.6 Å². The summed E-state index contributed by atoms with van der Waals surface area (Å²) < 4.78 is 0. The van der Waals surface area contributed by atoms with Gasteiger partial charge in [-0.1, -0.05) is 6.92 Å². The number of nitrogens with zero attached hydrogens (tertiary/aromatic N) is 1. The molecule has 2 N–H and O–H groups in total. The Kier molecular flexibility index (Phi) is 4.85. The molecular formula is C15H29N3O. The average Bonchev–Trinajstić information content (AvgIpc) is 3.05. The third-order valence-corrected chi connectivity index (χ3v) is 5.00. The molecule has 110 valence electrons. The zero-order valence-electron chi connectivity index (χ0n) is 12.7. The SMILES string of the molecule is CCC1(C(=O)NCC2CCN(C(C)C)C2)CCNC1. The first-order chi connectivity index (χ1) is 9.07. The van der Waals surface area contributed by atoms with Crippen LogP contribution in [0.3, 0.4) is 0 Å². The smallest absolute Gasteiger partial charge is 0.227 e. The molecule has 2 aliphatic heterocycles. The Morgan fingerprint density at radius 1 is 1.53 bits per heavy atom. The average molecular weight is 267 g/mol. The summed E-state index contributed by atoms with van der Waals surface area (Å²) in [6.45, 7) is 11.6. The predicted molar refractivity (Wildman–Crippen MR) is 78.0 cm³/mol. The minimum Gasteiger partial charge on any atom is -0.355 e. The quantitative estimate of drug-likeness (QED) is 0.787. The second-order valence-electron chi connectivity index (χ2n) is 6.51. The van der Waals surface area contributed by atoms with Gasteiger partial charge in [-0.05, 0) is 52.1 Å². The van der Waals surface area contributed by atoms with Crippen LogP contribution in [0, 0.1) is 11.3 Å². The van der Waals surface area contributed by atoms with Crippen LogP contribution in [0.2, 0.25) is 0 Å². The number of hydrogen-bond donors (Lipinski definition) is 2. The molecule has 2 rings (SSSR count). The zero-order valence-corrected chi connectivity index (χ0v) is 12.7. The minimum absolute atomic E-state index is 0.143. The second kappa shape index (κ2) is 6.23. The summed E-state index contributed by atoms with van der Waals surface area (Å²) in [6, 6.07) is 0.627. The van der Waals surface area contributed by atoms with E-state index in [0.29, 0.717) is 12.0 Å². The standard InChI is InChI=1S/C15H29N3O/c1-4-15(6-7-16-11-15)14(19)17-9-13-5-8-18(10-13)12(2)3/h12-13,16H,4-11H2,1-3H3,(H,17,19). The Bertz CT molecular complexity index is 311. The van der Waals surface area contributed by atoms with Gasteiger partial charge in [0.15, 0.2) is 0 Å². The maximum atomic E-state index is 12.4. The number of rotatable bonds is 5. The number of amides is 1. The van der Waals surface area contributed by atoms with Crippen molar-refractivity contribution in [2.75, 3.05) is 32.7 Å². The molecule has 2 heterocycles. The van der Waals surface area contributed by atoms with Crippen molar-refractivity contribution >= 4 is 5.91 Å². The van der Waals surface area contributed by atoms with Crippen LogP contribution in [0.25, 0.3) is 0 Å². The molecule has 0 aromatic heterocycles. The van der Waals surface area contributed by atoms with E-state index < -0.39 is 0 Å². The lowest BCUT2D eigenvalue weighted by atomic mass is 9.83. The van der Waals surface area contributed by atoms with E-state index in [1.54, 1.807) is 0 Å². The molecule has 2 saturated heterocycles. The van der Waals surface area contributed by atoms with E-state index in [4.69, 9.17) is 0 Å². The lowest BCUT2D eigenvalue weighted by molar-refractivity contribution is -0.130. The van der Waals surface area contributed by atoms with Gasteiger partial charge in [-0.3, -0.25) is 4.79 Å². The first kappa shape index (κ1) is 14.8. The highest BCUT2D eigenvalue weighted by atomic mass is 16.2. The summed E-state index contributed by atoms with van der Waals surface area (Å²) in [5.41, 5.74) is -0.143. The van der Waals surface area contributed by atoms with Gasteiger partial charge in [-0.2, -0.15) is 0 Å². The van der Waals surface area contributed by atoms with Gasteiger partial charge in [0.1, 0.15) is 0 Å². The monoisotopic (exact) mass is 267 g/mol. The number of likely N-dealkylation sites (tertiary alicyclic amines) is 1. The molecule has 4 heteroatoms. The van der Waals surface area contributed by atoms with Gasteiger partial charge in [-0.25, -0.2) is 0 Å². The molecule has 0 bridgehead atoms. The molecule has 0 aromatic carbocycles. The highest BCUT2D eigenvalue weighted by Gasteiger charge is 2.39. The highest BCUT2D eigenvalue weighted by Crippen LogP contribution is 2.29. The summed E-state index contributed by atoms with van der Waals surface area (Å²) in [4.78, 5) is 14.9. The number of nitrogens with one attached hydrogen (secondary N) is 2. The number of carbonyl (C=O) groups excluding carboxylic acids is 1. The van der Waals surface area contributed by atoms with E-state index in [9.17, 15) is 4.79 Å². The number of hydrogen-bond acceptors (Lipinski definition) is 3. The molecule has 2 unspecified atom stereocenters. The van der Waals surface area contributed by atoms with Crippen molar-refractivity contribution in [3.05, 3.63) is 0 Å². The molecule has 1 amide bonds. The van der Waals surface area contributed by atoms with Crippen molar-refractivity contribution in [2.24, 2.45) is 11.3 Å². The van der Waals surface area contributed by atoms with Crippen molar-refractivity contribution in [3.63, 3.8) is 0 Å². The predicted octanol–water partition coefficient (Wildman–Crippen LogP) is 1.22. The lowest BCUT2D eigenvalue weighted by Crippen LogP contribution is -2.44. The van der Waals surface area contributed by atoms with Crippen LogP contribution in [0.1, 0.15) is 40.0 Å². The van der Waals surface area contributed by atoms with Crippen molar-refractivity contribution < 1.29 is 4.79 Å². The molecule has 0 spiro atoms. The molecule has 0 saturated carbocycles. The number of carbonyl (C=O) groups is 1. The van der Waals surface area contributed by atoms with Crippen LogP contribution in [-0.4, -0.2) is 49.6 Å². The van der Waals surface area contributed by atoms with E-state index in [-0.39, 0.29) is 11.3 Å². The Morgan fingerprint density at radius 3 is 2.84 bits per heavy atom. The molecule has 2 atom stereocenters. The van der Waals surface area contributed by atoms with Gasteiger partial charge in [0, 0.05) is 25.7 Å². The van der Waals surface area contributed by atoms with E-state index in [1.807, 2.05) is 0 Å². The summed E-state index contributed by atoms with van der Waals surface area (Å²) in [6.07, 6.45) is 3.14. The van der Waals surface area contributed by atoms with Crippen molar-refractivity contribution in [3.8, 4) is 0 Å². The third kappa shape index (κ3) is 3.29. The second-order valence-corrected chi connectivity index (χ2v) is 6.51. The third-order valence-electron chi connectivity index (χ3n) is 5.00. The summed E-state index contributed by atoms with van der Waals surface area (Å²) >= 11 is 0. The van der Waals surface area contributed by atoms with E-state index in [1.165, 1.54) is 13.0 Å². The molecule has 19 heavy (non-hydrogen) atoms. The van der Waals surface area contributed by atoms with Crippen LogP contribution in [0.4, 0.5) is 0 Å². The summed E-state index contributed by atoms with van der Waals surface area (Å²) in [5.74, 6) is 0.901. The minimum atomic E-state index is -0.143. The zero-order chi connectivity index (χ0) is 13.9. The fourth-order valence-electron chi connectivity index (χ4n) is 3.32. The maximum Gasteiger partial charge on any atom is 0.227 e. The molecule has 4 nitrogen and oxygen atoms in total. The highest BCUT2D eigenvalue weighted by molar-refractivity contribution is 5.83. The lowest BCUT2D eigenvalue weighted by Gasteiger charge is -2.26. The Balaban J connectivity index is 1.78. The molecule has 0 aromatic rings. The van der Waals surface area contributed by atoms with Crippen molar-refractivity contribution in [2.45, 2.75) is 46.1 Å². The van der Waals surface area contributed by atoms with E-state index in [2.05, 4.69) is 36.3 Å². The van der Waals surface area contributed by atoms with E-state index in [0.717, 1.165) is 39.0 Å². The molecule has 0 radical (unpaired) electrons. The van der Waals surface area contributed by atoms with Gasteiger partial charge in [0.05, 0.1) is 5.41 Å². The van der Waals surface area contributed by atoms with Gasteiger partial charge in [0.25, 0.3) is 0 Å². The summed E-state index contributed by atoms with van der Waals surface area (Å²) in [7, 11) is 0. The Hall–Kier alpha value is -0.610. The topological polar surface area (TPSA) is 44.4 Å². The van der Waals surface area contributed by atoms with Crippen LogP contribution >= 0.6 is 0 Å². The maximum absolute atomic E-state index is 12.4. The van der Waals surface area contributed by atoms with Crippen LogP contribution in [0.5, 0.6) is 0 Å². The molecule has 0 aliphatic carbocycles.